The van der Waals surface area contributed by atoms with Crippen LogP contribution in [0, 0.1) is 20.2 Å². The van der Waals surface area contributed by atoms with Gasteiger partial charge in [0.05, 0.1) is 21.5 Å². The molecule has 1 amide bonds. The van der Waals surface area contributed by atoms with Crippen molar-refractivity contribution in [1.82, 2.24) is 10.2 Å². The third-order valence-corrected chi connectivity index (χ3v) is 6.94. The molecule has 34 heavy (non-hydrogen) atoms. The van der Waals surface area contributed by atoms with E-state index in [1.54, 1.807) is 35.6 Å². The molecule has 0 unspecified atom stereocenters. The number of hydrogen-bond acceptors (Lipinski definition) is 9. The van der Waals surface area contributed by atoms with Crippen LogP contribution in [0.25, 0.3) is 0 Å². The van der Waals surface area contributed by atoms with Crippen molar-refractivity contribution in [2.75, 3.05) is 18.9 Å². The zero-order valence-corrected chi connectivity index (χ0v) is 18.8. The van der Waals surface area contributed by atoms with Gasteiger partial charge in [-0.2, -0.15) is 0 Å². The van der Waals surface area contributed by atoms with Gasteiger partial charge in [0, 0.05) is 24.0 Å². The van der Waals surface area contributed by atoms with E-state index >= 15 is 0 Å². The standard InChI is InChI=1S/C22H19N5O6S/c1-25-8-7-15-18(11-25)34-22-19(15)21(28)23-20(24-22)12-3-2-4-14(9-12)33-17-6-5-13(26(29)30)10-16(17)27(31)32/h2-6,9-10,20,24H,7-8,11H2,1H3,(H,23,28)/t20-/m0/s1. The summed E-state index contributed by atoms with van der Waals surface area (Å²) in [6, 6.07) is 10.00. The van der Waals surface area contributed by atoms with Crippen molar-refractivity contribution >= 4 is 33.6 Å². The Morgan fingerprint density at radius 1 is 1.12 bits per heavy atom. The number of nitrogens with one attached hydrogen (secondary N) is 2. The Labute approximate surface area is 197 Å². The van der Waals surface area contributed by atoms with Gasteiger partial charge in [-0.05, 0) is 42.8 Å². The molecule has 0 saturated heterocycles. The first kappa shape index (κ1) is 21.8. The lowest BCUT2D eigenvalue weighted by molar-refractivity contribution is -0.394. The first-order valence-corrected chi connectivity index (χ1v) is 11.2. The molecule has 3 heterocycles. The second-order valence-electron chi connectivity index (χ2n) is 8.09. The Balaban J connectivity index is 1.41. The number of thiophene rings is 1. The number of carbonyl (C=O) groups is 1. The van der Waals surface area contributed by atoms with Gasteiger partial charge in [0.1, 0.15) is 16.9 Å². The molecule has 2 aliphatic rings. The Morgan fingerprint density at radius 2 is 1.94 bits per heavy atom. The number of rotatable bonds is 5. The average molecular weight is 481 g/mol. The maximum atomic E-state index is 12.9. The molecule has 5 rings (SSSR count). The quantitative estimate of drug-likeness (QED) is 0.408. The summed E-state index contributed by atoms with van der Waals surface area (Å²) in [6.45, 7) is 1.71. The van der Waals surface area contributed by atoms with Gasteiger partial charge in [0.2, 0.25) is 5.75 Å². The van der Waals surface area contributed by atoms with Crippen molar-refractivity contribution in [3.63, 3.8) is 0 Å². The molecule has 1 atom stereocenters. The highest BCUT2D eigenvalue weighted by atomic mass is 32.1. The topological polar surface area (TPSA) is 140 Å². The molecule has 12 heteroatoms. The second-order valence-corrected chi connectivity index (χ2v) is 9.19. The van der Waals surface area contributed by atoms with Crippen molar-refractivity contribution < 1.29 is 19.4 Å². The summed E-state index contributed by atoms with van der Waals surface area (Å²) in [7, 11) is 2.05. The number of nitro benzene ring substituents is 2. The SMILES string of the molecule is CN1CCc2c(sc3c2C(=O)N[C@H](c2cccc(Oc4ccc([N+](=O)[O-])cc4[N+](=O)[O-])c2)N3)C1. The maximum absolute atomic E-state index is 12.9. The largest absolute Gasteiger partial charge is 0.450 e. The van der Waals surface area contributed by atoms with E-state index in [4.69, 9.17) is 4.74 Å². The van der Waals surface area contributed by atoms with Gasteiger partial charge in [-0.15, -0.1) is 11.3 Å². The third kappa shape index (κ3) is 3.93. The van der Waals surface area contributed by atoms with Crippen LogP contribution in [0.5, 0.6) is 11.5 Å². The Bertz CT molecular complexity index is 1340. The molecular formula is C22H19N5O6S. The summed E-state index contributed by atoms with van der Waals surface area (Å²) in [6.07, 6.45) is 0.322. The Morgan fingerprint density at radius 3 is 2.71 bits per heavy atom. The molecule has 2 aromatic carbocycles. The van der Waals surface area contributed by atoms with Crippen molar-refractivity contribution in [2.45, 2.75) is 19.1 Å². The van der Waals surface area contributed by atoms with E-state index in [-0.39, 0.29) is 11.7 Å². The summed E-state index contributed by atoms with van der Waals surface area (Å²) >= 11 is 1.58. The summed E-state index contributed by atoms with van der Waals surface area (Å²) < 4.78 is 5.70. The smallest absolute Gasteiger partial charge is 0.318 e. The lowest BCUT2D eigenvalue weighted by Gasteiger charge is -2.27. The van der Waals surface area contributed by atoms with Crippen molar-refractivity contribution in [3.8, 4) is 11.5 Å². The van der Waals surface area contributed by atoms with Crippen LogP contribution in [-0.2, 0) is 13.0 Å². The number of anilines is 1. The molecule has 0 aliphatic carbocycles. The number of nitro groups is 2. The lowest BCUT2D eigenvalue weighted by atomic mass is 10.0. The number of non-ortho nitro benzene ring substituents is 1. The average Bonchev–Trinajstić information content (AvgIpc) is 3.17. The molecule has 0 fully saturated rings. The normalized spacial score (nSPS) is 17.2. The van der Waals surface area contributed by atoms with E-state index in [9.17, 15) is 25.0 Å². The van der Waals surface area contributed by atoms with Crippen LogP contribution in [0.1, 0.15) is 32.5 Å². The minimum atomic E-state index is -0.730. The van der Waals surface area contributed by atoms with E-state index in [1.165, 1.54) is 10.9 Å². The van der Waals surface area contributed by atoms with E-state index in [1.807, 2.05) is 0 Å². The highest BCUT2D eigenvalue weighted by molar-refractivity contribution is 7.16. The molecule has 0 spiro atoms. The monoisotopic (exact) mass is 481 g/mol. The second kappa shape index (κ2) is 8.39. The third-order valence-electron chi connectivity index (χ3n) is 5.79. The molecule has 0 radical (unpaired) electrons. The minimum absolute atomic E-state index is 0.120. The summed E-state index contributed by atoms with van der Waals surface area (Å²) in [4.78, 5) is 37.3. The molecule has 174 valence electrons. The zero-order chi connectivity index (χ0) is 24.0. The van der Waals surface area contributed by atoms with Gasteiger partial charge in [-0.1, -0.05) is 12.1 Å². The molecule has 0 saturated carbocycles. The van der Waals surface area contributed by atoms with Crippen LogP contribution in [-0.4, -0.2) is 34.2 Å². The van der Waals surface area contributed by atoms with Gasteiger partial charge in [0.15, 0.2) is 0 Å². The number of hydrogen-bond donors (Lipinski definition) is 2. The number of carbonyl (C=O) groups excluding carboxylic acids is 1. The van der Waals surface area contributed by atoms with Crippen molar-refractivity contribution in [3.05, 3.63) is 84.3 Å². The minimum Gasteiger partial charge on any atom is -0.450 e. The Kier molecular flexibility index (Phi) is 5.38. The first-order valence-electron chi connectivity index (χ1n) is 10.4. The fourth-order valence-electron chi connectivity index (χ4n) is 4.14. The molecule has 3 aromatic rings. The van der Waals surface area contributed by atoms with Gasteiger partial charge in [-0.25, -0.2) is 0 Å². The molecule has 2 aliphatic heterocycles. The molecule has 2 N–H and O–H groups in total. The van der Waals surface area contributed by atoms with Gasteiger partial charge < -0.3 is 20.3 Å². The number of benzene rings is 2. The predicted octanol–water partition coefficient (Wildman–Crippen LogP) is 4.20. The molecule has 1 aromatic heterocycles. The lowest BCUT2D eigenvalue weighted by Crippen LogP contribution is -2.38. The van der Waals surface area contributed by atoms with E-state index in [2.05, 4.69) is 22.6 Å². The predicted molar refractivity (Wildman–Crippen MR) is 124 cm³/mol. The van der Waals surface area contributed by atoms with E-state index < -0.39 is 27.4 Å². The molecule has 11 nitrogen and oxygen atoms in total. The number of fused-ring (bicyclic) bond motifs is 3. The molecular weight excluding hydrogens is 462 g/mol. The number of nitrogens with zero attached hydrogens (tertiary/aromatic N) is 3. The maximum Gasteiger partial charge on any atom is 0.318 e. The number of likely N-dealkylation sites (N-methyl/N-ethyl adjacent to an activating group) is 1. The Hall–Kier alpha value is -4.03. The number of ether oxygens (including phenoxy) is 1. The first-order chi connectivity index (χ1) is 16.3. The summed E-state index contributed by atoms with van der Waals surface area (Å²) in [5.74, 6) is 0.0345. The van der Waals surface area contributed by atoms with Crippen molar-refractivity contribution in [1.29, 1.82) is 0 Å². The van der Waals surface area contributed by atoms with Crippen LogP contribution in [0.15, 0.2) is 42.5 Å². The van der Waals surface area contributed by atoms with E-state index in [0.29, 0.717) is 16.9 Å². The van der Waals surface area contributed by atoms with Crippen LogP contribution in [0.2, 0.25) is 0 Å². The zero-order valence-electron chi connectivity index (χ0n) is 17.9. The van der Waals surface area contributed by atoms with Gasteiger partial charge in [-0.3, -0.25) is 25.0 Å². The van der Waals surface area contributed by atoms with Crippen LogP contribution in [0.3, 0.4) is 0 Å². The number of amides is 1. The summed E-state index contributed by atoms with van der Waals surface area (Å²) in [5.41, 5.74) is 1.59. The van der Waals surface area contributed by atoms with Gasteiger partial charge in [0.25, 0.3) is 11.6 Å². The van der Waals surface area contributed by atoms with Gasteiger partial charge >= 0.3 is 5.69 Å². The fourth-order valence-corrected chi connectivity index (χ4v) is 5.50. The van der Waals surface area contributed by atoms with E-state index in [0.717, 1.165) is 42.2 Å². The van der Waals surface area contributed by atoms with Crippen LogP contribution >= 0.6 is 11.3 Å². The highest BCUT2D eigenvalue weighted by Gasteiger charge is 2.33. The summed E-state index contributed by atoms with van der Waals surface area (Å²) in [5, 5.41) is 29.6. The van der Waals surface area contributed by atoms with Crippen LogP contribution < -0.4 is 15.4 Å². The van der Waals surface area contributed by atoms with Crippen LogP contribution in [0.4, 0.5) is 16.4 Å². The molecule has 0 bridgehead atoms. The van der Waals surface area contributed by atoms with Crippen molar-refractivity contribution in [2.24, 2.45) is 0 Å². The highest BCUT2D eigenvalue weighted by Crippen LogP contribution is 2.41. The fraction of sp³-hybridized carbons (Fsp3) is 0.227.